The maximum atomic E-state index is 8.74. The number of rotatable bonds is 0. The standard InChI is InChI=1S/HI.Na.H2O4S.H/c;;1-5(2,3)4;/h1H;;(H2,1,2,3,4);/q;+1;;-1. The zero-order chi connectivity index (χ0) is 4.50. The Morgan fingerprint density at radius 1 is 1.29 bits per heavy atom. The maximum absolute atomic E-state index is 8.74. The molecular weight excluding hydrogens is 246 g/mol. The van der Waals surface area contributed by atoms with Gasteiger partial charge in [0.05, 0.1) is 0 Å². The summed E-state index contributed by atoms with van der Waals surface area (Å²) in [6.45, 7) is 0. The van der Waals surface area contributed by atoms with Crippen LogP contribution in [-0.2, 0) is 10.4 Å². The summed E-state index contributed by atoms with van der Waals surface area (Å²) in [5.41, 5.74) is 0. The van der Waals surface area contributed by atoms with E-state index in [-0.39, 0.29) is 55.0 Å². The summed E-state index contributed by atoms with van der Waals surface area (Å²) in [6.07, 6.45) is 0. The molecule has 42 valence electrons. The molecule has 0 heterocycles. The van der Waals surface area contributed by atoms with Crippen molar-refractivity contribution in [2.45, 2.75) is 0 Å². The minimum atomic E-state index is -4.67. The van der Waals surface area contributed by atoms with Gasteiger partial charge in [0.1, 0.15) is 0 Å². The van der Waals surface area contributed by atoms with Crippen LogP contribution in [0, 0.1) is 0 Å². The Bertz CT molecular complexity index is 99.2. The van der Waals surface area contributed by atoms with E-state index in [4.69, 9.17) is 17.5 Å². The van der Waals surface area contributed by atoms with E-state index < -0.39 is 10.4 Å². The van der Waals surface area contributed by atoms with Crippen molar-refractivity contribution in [2.24, 2.45) is 0 Å². The minimum absolute atomic E-state index is 0. The molecule has 0 spiro atoms. The van der Waals surface area contributed by atoms with Crippen LogP contribution in [0.25, 0.3) is 0 Å². The Balaban J connectivity index is -0.0000000267. The third-order valence-electron chi connectivity index (χ3n) is 0. The maximum Gasteiger partial charge on any atom is 1.00 e. The second-order valence-electron chi connectivity index (χ2n) is 0.448. The average Bonchev–Trinajstić information content (AvgIpc) is 0.722. The summed E-state index contributed by atoms with van der Waals surface area (Å²) in [7, 11) is -4.67. The first-order valence-electron chi connectivity index (χ1n) is 0.698. The van der Waals surface area contributed by atoms with Gasteiger partial charge in [0, 0.05) is 0 Å². The van der Waals surface area contributed by atoms with Gasteiger partial charge in [0.2, 0.25) is 0 Å². The molecule has 0 aliphatic heterocycles. The summed E-state index contributed by atoms with van der Waals surface area (Å²) in [5, 5.41) is 0. The third kappa shape index (κ3) is 93.1. The summed E-state index contributed by atoms with van der Waals surface area (Å²) in [4.78, 5) is 0. The minimum Gasteiger partial charge on any atom is -1.00 e. The van der Waals surface area contributed by atoms with Crippen LogP contribution in [0.3, 0.4) is 0 Å². The molecule has 0 aromatic heterocycles. The number of halogens is 1. The Kier molecular flexibility index (Phi) is 13.0. The number of hydrogen-bond donors (Lipinski definition) is 2. The van der Waals surface area contributed by atoms with E-state index in [1.807, 2.05) is 0 Å². The molecule has 0 amide bonds. The molecule has 0 fully saturated rings. The van der Waals surface area contributed by atoms with Gasteiger partial charge in [-0.25, -0.2) is 0 Å². The van der Waals surface area contributed by atoms with Crippen molar-refractivity contribution in [3.63, 3.8) is 0 Å². The fraction of sp³-hybridized carbons (Fsp3) is 0. The number of hydrogen-bond acceptors (Lipinski definition) is 2. The summed E-state index contributed by atoms with van der Waals surface area (Å²) in [6, 6.07) is 0. The Hall–Kier alpha value is 1.60. The van der Waals surface area contributed by atoms with E-state index in [2.05, 4.69) is 0 Å². The SMILES string of the molecule is I.O=S(=O)(O)O.[H-].[Na+]. The van der Waals surface area contributed by atoms with Gasteiger partial charge in [-0.15, -0.1) is 24.0 Å². The molecule has 0 saturated carbocycles. The van der Waals surface area contributed by atoms with E-state index in [1.54, 1.807) is 0 Å². The van der Waals surface area contributed by atoms with Crippen LogP contribution in [0.15, 0.2) is 0 Å². The first-order valence-corrected chi connectivity index (χ1v) is 2.10. The van der Waals surface area contributed by atoms with Crippen molar-refractivity contribution in [3.05, 3.63) is 0 Å². The summed E-state index contributed by atoms with van der Waals surface area (Å²) < 4.78 is 31.6. The second-order valence-corrected chi connectivity index (χ2v) is 1.34. The fourth-order valence-electron chi connectivity index (χ4n) is 0. The molecule has 0 aliphatic rings. The monoisotopic (exact) mass is 250 g/mol. The van der Waals surface area contributed by atoms with Gasteiger partial charge in [0.15, 0.2) is 0 Å². The zero-order valence-electron chi connectivity index (χ0n) is 4.53. The first kappa shape index (κ1) is 15.8. The quantitative estimate of drug-likeness (QED) is 0.274. The smallest absolute Gasteiger partial charge is 1.00 e. The molecule has 0 radical (unpaired) electrons. The molecule has 0 rings (SSSR count). The zero-order valence-corrected chi connectivity index (χ0v) is 8.67. The van der Waals surface area contributed by atoms with Gasteiger partial charge in [-0.05, 0) is 0 Å². The molecule has 0 atom stereocenters. The van der Waals surface area contributed by atoms with Gasteiger partial charge < -0.3 is 1.43 Å². The van der Waals surface area contributed by atoms with E-state index >= 15 is 0 Å². The molecule has 7 heteroatoms. The Morgan fingerprint density at radius 3 is 1.29 bits per heavy atom. The van der Waals surface area contributed by atoms with Gasteiger partial charge in [-0.1, -0.05) is 0 Å². The fourth-order valence-corrected chi connectivity index (χ4v) is 0. The van der Waals surface area contributed by atoms with Gasteiger partial charge in [0.25, 0.3) is 0 Å². The molecular formula is H4INaO4S. The molecule has 0 unspecified atom stereocenters. The molecule has 2 N–H and O–H groups in total. The van der Waals surface area contributed by atoms with Crippen molar-refractivity contribution in [2.75, 3.05) is 0 Å². The Morgan fingerprint density at radius 2 is 1.29 bits per heavy atom. The van der Waals surface area contributed by atoms with Gasteiger partial charge in [-0.2, -0.15) is 8.42 Å². The predicted octanol–water partition coefficient (Wildman–Crippen LogP) is -2.92. The van der Waals surface area contributed by atoms with Crippen LogP contribution in [0.4, 0.5) is 0 Å². The van der Waals surface area contributed by atoms with Crippen molar-refractivity contribution < 1.29 is 48.5 Å². The van der Waals surface area contributed by atoms with Gasteiger partial charge >= 0.3 is 40.0 Å². The van der Waals surface area contributed by atoms with E-state index in [9.17, 15) is 0 Å². The third-order valence-corrected chi connectivity index (χ3v) is 0. The van der Waals surface area contributed by atoms with E-state index in [1.165, 1.54) is 0 Å². The van der Waals surface area contributed by atoms with Gasteiger partial charge in [-0.3, -0.25) is 9.11 Å². The van der Waals surface area contributed by atoms with E-state index in [0.717, 1.165) is 0 Å². The first-order chi connectivity index (χ1) is 2.00. The van der Waals surface area contributed by atoms with Crippen LogP contribution in [-0.4, -0.2) is 17.5 Å². The molecule has 4 nitrogen and oxygen atoms in total. The molecule has 0 aliphatic carbocycles. The van der Waals surface area contributed by atoms with Crippen molar-refractivity contribution in [1.29, 1.82) is 0 Å². The topological polar surface area (TPSA) is 74.6 Å². The van der Waals surface area contributed by atoms with Crippen LogP contribution in [0.1, 0.15) is 1.43 Å². The molecule has 0 saturated heterocycles. The van der Waals surface area contributed by atoms with E-state index in [0.29, 0.717) is 0 Å². The van der Waals surface area contributed by atoms with Crippen molar-refractivity contribution >= 4 is 34.4 Å². The molecule has 0 aromatic carbocycles. The second kappa shape index (κ2) is 5.73. The predicted molar refractivity (Wildman–Crippen MR) is 30.7 cm³/mol. The summed E-state index contributed by atoms with van der Waals surface area (Å²) in [5.74, 6) is 0. The van der Waals surface area contributed by atoms with Crippen LogP contribution in [0.2, 0.25) is 0 Å². The van der Waals surface area contributed by atoms with Crippen LogP contribution < -0.4 is 29.6 Å². The Labute approximate surface area is 82.0 Å². The van der Waals surface area contributed by atoms with Crippen molar-refractivity contribution in [3.8, 4) is 0 Å². The van der Waals surface area contributed by atoms with Crippen LogP contribution in [0.5, 0.6) is 0 Å². The largest absolute Gasteiger partial charge is 1.00 e. The normalized spacial score (nSPS) is 8.29. The molecule has 7 heavy (non-hydrogen) atoms. The summed E-state index contributed by atoms with van der Waals surface area (Å²) >= 11 is 0. The van der Waals surface area contributed by atoms with Crippen LogP contribution >= 0.6 is 24.0 Å². The van der Waals surface area contributed by atoms with Crippen molar-refractivity contribution in [1.82, 2.24) is 0 Å². The molecule has 0 bridgehead atoms. The average molecular weight is 250 g/mol. The molecule has 0 aromatic rings.